The molecule has 1 aromatic rings. The van der Waals surface area contributed by atoms with Gasteiger partial charge in [-0.15, -0.1) is 0 Å². The van der Waals surface area contributed by atoms with Crippen LogP contribution in [-0.2, 0) is 33.2 Å². The topological polar surface area (TPSA) is 143 Å². The van der Waals surface area contributed by atoms with E-state index in [0.717, 1.165) is 0 Å². The zero-order valence-corrected chi connectivity index (χ0v) is 19.7. The molecule has 0 atom stereocenters. The van der Waals surface area contributed by atoms with Crippen molar-refractivity contribution in [2.75, 3.05) is 106 Å². The van der Waals surface area contributed by atoms with Gasteiger partial charge in [0.2, 0.25) is 0 Å². The molecule has 0 radical (unpaired) electrons. The Morgan fingerprint density at radius 2 is 0.882 bits per heavy atom. The number of nitrogens with two attached hydrogens (primary N) is 1. The molecule has 0 fully saturated rings. The van der Waals surface area contributed by atoms with E-state index in [1.165, 1.54) is 12.1 Å². The SMILES string of the molecule is NCCOCCOCCOCCOCCOCCOCCOCCOc1ccc([N+](=O)[O-])cc1. The van der Waals surface area contributed by atoms with E-state index in [4.69, 9.17) is 43.6 Å². The minimum absolute atomic E-state index is 0.0290. The number of nitro benzene ring substituents is 1. The van der Waals surface area contributed by atoms with E-state index in [2.05, 4.69) is 0 Å². The van der Waals surface area contributed by atoms with E-state index in [9.17, 15) is 10.1 Å². The Morgan fingerprint density at radius 3 is 1.21 bits per heavy atom. The van der Waals surface area contributed by atoms with Crippen molar-refractivity contribution in [2.45, 2.75) is 0 Å². The number of hydrogen-bond acceptors (Lipinski definition) is 11. The first-order valence-corrected chi connectivity index (χ1v) is 11.4. The number of nitro groups is 1. The van der Waals surface area contributed by atoms with Gasteiger partial charge in [0, 0.05) is 18.7 Å². The van der Waals surface area contributed by atoms with Gasteiger partial charge in [0.1, 0.15) is 12.4 Å². The van der Waals surface area contributed by atoms with Crippen LogP contribution in [0.2, 0.25) is 0 Å². The van der Waals surface area contributed by atoms with E-state index in [0.29, 0.717) is 111 Å². The van der Waals surface area contributed by atoms with Crippen LogP contribution in [-0.4, -0.2) is 111 Å². The highest BCUT2D eigenvalue weighted by atomic mass is 16.6. The van der Waals surface area contributed by atoms with E-state index in [1.54, 1.807) is 12.1 Å². The van der Waals surface area contributed by atoms with E-state index >= 15 is 0 Å². The third-order valence-corrected chi connectivity index (χ3v) is 4.04. The number of rotatable bonds is 25. The Hall–Kier alpha value is -1.90. The molecule has 0 saturated heterocycles. The normalized spacial score (nSPS) is 11.1. The molecule has 0 aliphatic rings. The van der Waals surface area contributed by atoms with Crippen molar-refractivity contribution in [1.29, 1.82) is 0 Å². The summed E-state index contributed by atoms with van der Waals surface area (Å²) in [4.78, 5) is 10.1. The Balaban J connectivity index is 1.71. The van der Waals surface area contributed by atoms with Crippen LogP contribution in [0.25, 0.3) is 0 Å². The summed E-state index contributed by atoms with van der Waals surface area (Å²) >= 11 is 0. The van der Waals surface area contributed by atoms with Gasteiger partial charge >= 0.3 is 0 Å². The molecule has 196 valence electrons. The number of nitrogens with zero attached hydrogens (tertiary/aromatic N) is 1. The Labute approximate surface area is 200 Å². The average molecular weight is 491 g/mol. The largest absolute Gasteiger partial charge is 0.491 e. The maximum Gasteiger partial charge on any atom is 0.269 e. The highest BCUT2D eigenvalue weighted by Crippen LogP contribution is 2.16. The molecule has 0 bridgehead atoms. The number of hydrogen-bond donors (Lipinski definition) is 1. The fraction of sp³-hybridized carbons (Fsp3) is 0.727. The minimum atomic E-state index is -0.452. The summed E-state index contributed by atoms with van der Waals surface area (Å²) in [6, 6.07) is 5.91. The first-order chi connectivity index (χ1) is 16.7. The third-order valence-electron chi connectivity index (χ3n) is 4.04. The molecule has 0 heterocycles. The molecule has 0 unspecified atom stereocenters. The lowest BCUT2D eigenvalue weighted by atomic mass is 10.3. The average Bonchev–Trinajstić information content (AvgIpc) is 2.84. The van der Waals surface area contributed by atoms with Crippen LogP contribution in [0.1, 0.15) is 0 Å². The van der Waals surface area contributed by atoms with Crippen LogP contribution in [0.3, 0.4) is 0 Å². The first kappa shape index (κ1) is 30.1. The second-order valence-electron chi connectivity index (χ2n) is 6.67. The highest BCUT2D eigenvalue weighted by molar-refractivity contribution is 5.35. The molecule has 12 nitrogen and oxygen atoms in total. The van der Waals surface area contributed by atoms with Crippen molar-refractivity contribution in [3.63, 3.8) is 0 Å². The molecule has 0 aliphatic carbocycles. The maximum absolute atomic E-state index is 10.6. The lowest BCUT2D eigenvalue weighted by molar-refractivity contribution is -0.384. The van der Waals surface area contributed by atoms with Crippen molar-refractivity contribution >= 4 is 5.69 Å². The van der Waals surface area contributed by atoms with E-state index in [1.807, 2.05) is 0 Å². The molecule has 2 N–H and O–H groups in total. The maximum atomic E-state index is 10.6. The van der Waals surface area contributed by atoms with Crippen LogP contribution in [0, 0.1) is 10.1 Å². The molecule has 0 saturated carbocycles. The molecule has 0 aliphatic heterocycles. The first-order valence-electron chi connectivity index (χ1n) is 11.4. The van der Waals surface area contributed by atoms with Crippen LogP contribution in [0.4, 0.5) is 5.69 Å². The smallest absolute Gasteiger partial charge is 0.269 e. The lowest BCUT2D eigenvalue weighted by Gasteiger charge is -2.09. The molecule has 1 aromatic carbocycles. The van der Waals surface area contributed by atoms with E-state index < -0.39 is 4.92 Å². The van der Waals surface area contributed by atoms with Gasteiger partial charge in [-0.3, -0.25) is 10.1 Å². The highest BCUT2D eigenvalue weighted by Gasteiger charge is 2.04. The molecule has 12 heteroatoms. The summed E-state index contributed by atoms with van der Waals surface area (Å²) < 4.78 is 43.0. The van der Waals surface area contributed by atoms with Gasteiger partial charge in [0.05, 0.1) is 97.4 Å². The Kier molecular flexibility index (Phi) is 20.3. The summed E-state index contributed by atoms with van der Waals surface area (Å²) in [6.45, 7) is 7.80. The van der Waals surface area contributed by atoms with Crippen molar-refractivity contribution < 1.29 is 42.8 Å². The fourth-order valence-corrected chi connectivity index (χ4v) is 2.39. The Morgan fingerprint density at radius 1 is 0.559 bits per heavy atom. The van der Waals surface area contributed by atoms with Crippen LogP contribution >= 0.6 is 0 Å². The quantitative estimate of drug-likeness (QED) is 0.119. The molecule has 34 heavy (non-hydrogen) atoms. The minimum Gasteiger partial charge on any atom is -0.491 e. The molecular weight excluding hydrogens is 452 g/mol. The Bertz CT molecular complexity index is 592. The molecule has 0 amide bonds. The number of ether oxygens (including phenoxy) is 8. The summed E-state index contributed by atoms with van der Waals surface area (Å²) in [5.41, 5.74) is 5.34. The number of benzene rings is 1. The fourth-order valence-electron chi connectivity index (χ4n) is 2.39. The predicted molar refractivity (Wildman–Crippen MR) is 123 cm³/mol. The van der Waals surface area contributed by atoms with Gasteiger partial charge in [-0.05, 0) is 12.1 Å². The van der Waals surface area contributed by atoms with Crippen LogP contribution in [0.5, 0.6) is 5.75 Å². The molecule has 0 aromatic heterocycles. The summed E-state index contributed by atoms with van der Waals surface area (Å²) in [5, 5.41) is 10.6. The predicted octanol–water partition coefficient (Wildman–Crippen LogP) is 1.05. The van der Waals surface area contributed by atoms with E-state index in [-0.39, 0.29) is 5.69 Å². The summed E-state index contributed by atoms with van der Waals surface area (Å²) in [5.74, 6) is 0.560. The van der Waals surface area contributed by atoms with Crippen molar-refractivity contribution in [2.24, 2.45) is 5.73 Å². The standard InChI is InChI=1S/C22H38N2O10/c23-5-6-27-7-8-28-9-10-29-11-12-30-13-14-31-15-16-32-17-18-33-19-20-34-22-3-1-21(2-4-22)24(25)26/h1-4H,5-20,23H2. The van der Waals surface area contributed by atoms with Gasteiger partial charge in [0.25, 0.3) is 5.69 Å². The summed E-state index contributed by atoms with van der Waals surface area (Å²) in [7, 11) is 0. The van der Waals surface area contributed by atoms with Crippen LogP contribution in [0.15, 0.2) is 24.3 Å². The third kappa shape index (κ3) is 18.5. The van der Waals surface area contributed by atoms with Crippen molar-refractivity contribution in [1.82, 2.24) is 0 Å². The van der Waals surface area contributed by atoms with Gasteiger partial charge in [-0.1, -0.05) is 0 Å². The lowest BCUT2D eigenvalue weighted by Crippen LogP contribution is -2.15. The molecule has 0 spiro atoms. The van der Waals surface area contributed by atoms with Gasteiger partial charge < -0.3 is 43.6 Å². The zero-order valence-electron chi connectivity index (χ0n) is 19.7. The van der Waals surface area contributed by atoms with Gasteiger partial charge in [-0.2, -0.15) is 0 Å². The van der Waals surface area contributed by atoms with Crippen molar-refractivity contribution in [3.8, 4) is 5.75 Å². The molecule has 1 rings (SSSR count). The van der Waals surface area contributed by atoms with Crippen molar-refractivity contribution in [3.05, 3.63) is 34.4 Å². The van der Waals surface area contributed by atoms with Gasteiger partial charge in [0.15, 0.2) is 0 Å². The van der Waals surface area contributed by atoms with Crippen LogP contribution < -0.4 is 10.5 Å². The summed E-state index contributed by atoms with van der Waals surface area (Å²) in [6.07, 6.45) is 0. The second kappa shape index (κ2) is 22.9. The van der Waals surface area contributed by atoms with Gasteiger partial charge in [-0.25, -0.2) is 0 Å². The zero-order chi connectivity index (χ0) is 24.5. The molecular formula is C22H38N2O10. The number of non-ortho nitro benzene ring substituents is 1. The monoisotopic (exact) mass is 490 g/mol. The second-order valence-corrected chi connectivity index (χ2v) is 6.67.